The quantitative estimate of drug-likeness (QED) is 0.849. The molecule has 0 fully saturated rings. The number of nitrogens with two attached hydrogens (primary N) is 1. The van der Waals surface area contributed by atoms with E-state index in [1.807, 2.05) is 13.8 Å². The first kappa shape index (κ1) is 14.9. The van der Waals surface area contributed by atoms with Crippen LogP contribution in [0.2, 0.25) is 0 Å². The molecule has 0 heterocycles. The summed E-state index contributed by atoms with van der Waals surface area (Å²) >= 11 is 0. The fraction of sp³-hybridized carbons (Fsp3) is 0.571. The summed E-state index contributed by atoms with van der Waals surface area (Å²) in [5, 5.41) is 0. The van der Waals surface area contributed by atoms with Crippen LogP contribution in [0.25, 0.3) is 0 Å². The van der Waals surface area contributed by atoms with Crippen molar-refractivity contribution in [1.82, 2.24) is 0 Å². The monoisotopic (exact) mass is 255 g/mol. The molecule has 0 radical (unpaired) electrons. The Hall–Kier alpha value is -1.13. The summed E-state index contributed by atoms with van der Waals surface area (Å²) in [7, 11) is 1.66. The van der Waals surface area contributed by atoms with Gasteiger partial charge in [-0.2, -0.15) is 0 Å². The summed E-state index contributed by atoms with van der Waals surface area (Å²) in [5.74, 6) is 0.186. The summed E-state index contributed by atoms with van der Waals surface area (Å²) in [6, 6.07) is 4.36. The molecule has 0 aliphatic rings. The smallest absolute Gasteiger partial charge is 0.131 e. The third kappa shape index (κ3) is 3.96. The first-order chi connectivity index (χ1) is 8.37. The van der Waals surface area contributed by atoms with Gasteiger partial charge in [-0.25, -0.2) is 4.39 Å². The summed E-state index contributed by atoms with van der Waals surface area (Å²) in [5.41, 5.74) is 5.93. The van der Waals surface area contributed by atoms with Crippen LogP contribution in [0.4, 0.5) is 4.39 Å². The van der Waals surface area contributed by atoms with Gasteiger partial charge in [0.05, 0.1) is 12.2 Å². The minimum Gasteiger partial charge on any atom is -0.493 e. The highest BCUT2D eigenvalue weighted by Gasteiger charge is 2.18. The number of ether oxygens (including phenoxy) is 2. The van der Waals surface area contributed by atoms with Gasteiger partial charge in [-0.05, 0) is 32.9 Å². The van der Waals surface area contributed by atoms with Gasteiger partial charge >= 0.3 is 0 Å². The van der Waals surface area contributed by atoms with Crippen LogP contribution in [-0.4, -0.2) is 19.3 Å². The second-order valence-corrected chi connectivity index (χ2v) is 5.00. The standard InChI is InChI=1S/C14H22FNO2/c1-10(16)13-11(15)6-5-7-12(13)18-9-8-14(2,3)17-4/h5-7,10H,8-9,16H2,1-4H3/t10-/m1/s1. The Morgan fingerprint density at radius 1 is 1.39 bits per heavy atom. The van der Waals surface area contributed by atoms with Crippen LogP contribution in [-0.2, 0) is 4.74 Å². The number of methoxy groups -OCH3 is 1. The first-order valence-corrected chi connectivity index (χ1v) is 6.09. The van der Waals surface area contributed by atoms with E-state index in [0.29, 0.717) is 17.9 Å². The molecule has 102 valence electrons. The molecule has 0 aromatic heterocycles. The van der Waals surface area contributed by atoms with E-state index in [9.17, 15) is 4.39 Å². The Morgan fingerprint density at radius 2 is 2.06 bits per heavy atom. The number of benzene rings is 1. The van der Waals surface area contributed by atoms with Crippen molar-refractivity contribution in [3.8, 4) is 5.75 Å². The van der Waals surface area contributed by atoms with E-state index < -0.39 is 6.04 Å². The Bertz CT molecular complexity index is 391. The predicted molar refractivity (Wildman–Crippen MR) is 70.2 cm³/mol. The van der Waals surface area contributed by atoms with Crippen LogP contribution in [0, 0.1) is 5.82 Å². The molecular formula is C14H22FNO2. The highest BCUT2D eigenvalue weighted by molar-refractivity contribution is 5.36. The molecule has 18 heavy (non-hydrogen) atoms. The topological polar surface area (TPSA) is 44.5 Å². The van der Waals surface area contributed by atoms with Crippen molar-refractivity contribution in [3.63, 3.8) is 0 Å². The van der Waals surface area contributed by atoms with E-state index in [-0.39, 0.29) is 11.4 Å². The first-order valence-electron chi connectivity index (χ1n) is 6.09. The maximum absolute atomic E-state index is 13.6. The molecule has 1 atom stereocenters. The zero-order valence-corrected chi connectivity index (χ0v) is 11.5. The number of halogens is 1. The van der Waals surface area contributed by atoms with Gasteiger partial charge < -0.3 is 15.2 Å². The summed E-state index contributed by atoms with van der Waals surface area (Å²) in [6.07, 6.45) is 0.721. The molecule has 0 saturated carbocycles. The summed E-state index contributed by atoms with van der Waals surface area (Å²) in [4.78, 5) is 0. The average molecular weight is 255 g/mol. The predicted octanol–water partition coefficient (Wildman–Crippen LogP) is 3.04. The van der Waals surface area contributed by atoms with Gasteiger partial charge in [0, 0.05) is 25.1 Å². The molecule has 0 saturated heterocycles. The Labute approximate surface area is 108 Å². The van der Waals surface area contributed by atoms with Crippen molar-refractivity contribution in [2.45, 2.75) is 38.8 Å². The fourth-order valence-corrected chi connectivity index (χ4v) is 1.59. The minimum atomic E-state index is -0.392. The van der Waals surface area contributed by atoms with Gasteiger partial charge in [0.1, 0.15) is 11.6 Å². The normalized spacial score (nSPS) is 13.4. The lowest BCUT2D eigenvalue weighted by Gasteiger charge is -2.23. The average Bonchev–Trinajstić information content (AvgIpc) is 2.28. The van der Waals surface area contributed by atoms with Crippen LogP contribution in [0.15, 0.2) is 18.2 Å². The maximum Gasteiger partial charge on any atom is 0.131 e. The number of hydrogen-bond donors (Lipinski definition) is 1. The van der Waals surface area contributed by atoms with Crippen molar-refractivity contribution in [2.75, 3.05) is 13.7 Å². The van der Waals surface area contributed by atoms with E-state index in [1.54, 1.807) is 26.2 Å². The lowest BCUT2D eigenvalue weighted by molar-refractivity contribution is 0.00534. The second kappa shape index (κ2) is 6.16. The van der Waals surface area contributed by atoms with Crippen molar-refractivity contribution in [1.29, 1.82) is 0 Å². The molecule has 0 amide bonds. The number of rotatable bonds is 6. The van der Waals surface area contributed by atoms with Crippen molar-refractivity contribution in [3.05, 3.63) is 29.6 Å². The molecule has 4 heteroatoms. The summed E-state index contributed by atoms with van der Waals surface area (Å²) < 4.78 is 24.6. The lowest BCUT2D eigenvalue weighted by atomic mass is 10.1. The van der Waals surface area contributed by atoms with Gasteiger partial charge in [0.15, 0.2) is 0 Å². The number of hydrogen-bond acceptors (Lipinski definition) is 3. The zero-order valence-electron chi connectivity index (χ0n) is 11.5. The maximum atomic E-state index is 13.6. The van der Waals surface area contributed by atoms with Crippen LogP contribution in [0.5, 0.6) is 5.75 Å². The van der Waals surface area contributed by atoms with Crippen molar-refractivity contribution in [2.24, 2.45) is 5.73 Å². The van der Waals surface area contributed by atoms with Gasteiger partial charge in [0.2, 0.25) is 0 Å². The lowest BCUT2D eigenvalue weighted by Crippen LogP contribution is -2.25. The van der Waals surface area contributed by atoms with Gasteiger partial charge in [-0.1, -0.05) is 6.07 Å². The molecule has 2 N–H and O–H groups in total. The second-order valence-electron chi connectivity index (χ2n) is 5.00. The highest BCUT2D eigenvalue weighted by Crippen LogP contribution is 2.27. The van der Waals surface area contributed by atoms with E-state index >= 15 is 0 Å². The van der Waals surface area contributed by atoms with E-state index in [0.717, 1.165) is 6.42 Å². The molecule has 0 bridgehead atoms. The Balaban J connectivity index is 2.71. The third-order valence-corrected chi connectivity index (χ3v) is 2.98. The van der Waals surface area contributed by atoms with Crippen LogP contribution >= 0.6 is 0 Å². The van der Waals surface area contributed by atoms with Gasteiger partial charge in [0.25, 0.3) is 0 Å². The van der Waals surface area contributed by atoms with E-state index in [1.165, 1.54) is 6.07 Å². The minimum absolute atomic E-state index is 0.248. The third-order valence-electron chi connectivity index (χ3n) is 2.98. The SMILES string of the molecule is COC(C)(C)CCOc1cccc(F)c1[C@@H](C)N. The molecular weight excluding hydrogens is 233 g/mol. The van der Waals surface area contributed by atoms with Crippen molar-refractivity contribution >= 4 is 0 Å². The van der Waals surface area contributed by atoms with E-state index in [4.69, 9.17) is 15.2 Å². The summed E-state index contributed by atoms with van der Waals surface area (Å²) in [6.45, 7) is 6.16. The molecule has 0 aliphatic heterocycles. The largest absolute Gasteiger partial charge is 0.493 e. The molecule has 1 aromatic carbocycles. The molecule has 1 aromatic rings. The zero-order chi connectivity index (χ0) is 13.8. The fourth-order valence-electron chi connectivity index (χ4n) is 1.59. The molecule has 0 unspecified atom stereocenters. The van der Waals surface area contributed by atoms with E-state index in [2.05, 4.69) is 0 Å². The molecule has 0 spiro atoms. The van der Waals surface area contributed by atoms with Crippen LogP contribution in [0.3, 0.4) is 0 Å². The van der Waals surface area contributed by atoms with Crippen LogP contribution in [0.1, 0.15) is 38.8 Å². The molecule has 1 rings (SSSR count). The van der Waals surface area contributed by atoms with Gasteiger partial charge in [-0.15, -0.1) is 0 Å². The Morgan fingerprint density at radius 3 is 2.61 bits per heavy atom. The van der Waals surface area contributed by atoms with Crippen molar-refractivity contribution < 1.29 is 13.9 Å². The van der Waals surface area contributed by atoms with Gasteiger partial charge in [-0.3, -0.25) is 0 Å². The van der Waals surface area contributed by atoms with Crippen LogP contribution < -0.4 is 10.5 Å². The molecule has 0 aliphatic carbocycles. The highest BCUT2D eigenvalue weighted by atomic mass is 19.1. The Kier molecular flexibility index (Phi) is 5.11. The molecule has 3 nitrogen and oxygen atoms in total.